The van der Waals surface area contributed by atoms with Gasteiger partial charge in [0.15, 0.2) is 0 Å². The van der Waals surface area contributed by atoms with Crippen molar-refractivity contribution in [2.45, 2.75) is 39.2 Å². The fourth-order valence-electron chi connectivity index (χ4n) is 1.93. The number of rotatable bonds is 5. The zero-order valence-corrected chi connectivity index (χ0v) is 10.7. The molecule has 4 heteroatoms. The summed E-state index contributed by atoms with van der Waals surface area (Å²) in [5, 5.41) is 3.34. The topological polar surface area (TPSA) is 81.1 Å². The van der Waals surface area contributed by atoms with Crippen LogP contribution in [0.2, 0.25) is 0 Å². The van der Waals surface area contributed by atoms with Crippen LogP contribution in [-0.4, -0.2) is 11.4 Å². The van der Waals surface area contributed by atoms with E-state index in [1.807, 2.05) is 0 Å². The first-order chi connectivity index (χ1) is 7.85. The number of hydrogen-bond donors (Lipinski definition) is 3. The molecule has 0 fully saturated rings. The van der Waals surface area contributed by atoms with Gasteiger partial charge in [-0.3, -0.25) is 4.79 Å². The lowest BCUT2D eigenvalue weighted by atomic mass is 9.97. The van der Waals surface area contributed by atoms with Gasteiger partial charge in [0.25, 0.3) is 5.91 Å². The van der Waals surface area contributed by atoms with Gasteiger partial charge in [0, 0.05) is 16.9 Å². The van der Waals surface area contributed by atoms with Crippen LogP contribution in [0.3, 0.4) is 0 Å². The number of carbonyl (C=O) groups excluding carboxylic acids is 1. The van der Waals surface area contributed by atoms with Gasteiger partial charge in [-0.05, 0) is 38.5 Å². The highest BCUT2D eigenvalue weighted by Crippen LogP contribution is 2.24. The van der Waals surface area contributed by atoms with E-state index in [4.69, 9.17) is 11.5 Å². The normalized spacial score (nSPS) is 11.2. The molecule has 1 aromatic rings. The lowest BCUT2D eigenvalue weighted by Crippen LogP contribution is -2.31. The molecule has 0 aromatic heterocycles. The summed E-state index contributed by atoms with van der Waals surface area (Å²) in [6, 6.07) is 5.16. The van der Waals surface area contributed by atoms with Crippen LogP contribution in [0, 0.1) is 0 Å². The second kappa shape index (κ2) is 5.08. The monoisotopic (exact) mass is 235 g/mol. The third-order valence-corrected chi connectivity index (χ3v) is 2.66. The SMILES string of the molecule is CCCC(C)(C)Nc1ccc(N)cc1C(N)=O. The molecule has 0 saturated heterocycles. The molecule has 0 spiro atoms. The highest BCUT2D eigenvalue weighted by atomic mass is 16.1. The number of nitrogen functional groups attached to an aromatic ring is 1. The fourth-order valence-corrected chi connectivity index (χ4v) is 1.93. The number of hydrogen-bond acceptors (Lipinski definition) is 3. The number of nitrogens with two attached hydrogens (primary N) is 2. The van der Waals surface area contributed by atoms with Crippen LogP contribution in [0.5, 0.6) is 0 Å². The van der Waals surface area contributed by atoms with Crippen LogP contribution in [0.1, 0.15) is 44.0 Å². The Labute approximate surface area is 102 Å². The summed E-state index contributed by atoms with van der Waals surface area (Å²) >= 11 is 0. The molecular formula is C13H21N3O. The minimum atomic E-state index is -0.466. The van der Waals surface area contributed by atoms with E-state index >= 15 is 0 Å². The van der Waals surface area contributed by atoms with Crippen LogP contribution < -0.4 is 16.8 Å². The number of benzene rings is 1. The summed E-state index contributed by atoms with van der Waals surface area (Å²) in [4.78, 5) is 11.3. The maximum absolute atomic E-state index is 11.3. The number of nitrogens with one attached hydrogen (secondary N) is 1. The Kier molecular flexibility index (Phi) is 3.99. The Morgan fingerprint density at radius 1 is 1.41 bits per heavy atom. The van der Waals surface area contributed by atoms with Gasteiger partial charge < -0.3 is 16.8 Å². The first kappa shape index (κ1) is 13.4. The summed E-state index contributed by atoms with van der Waals surface area (Å²) in [7, 11) is 0. The van der Waals surface area contributed by atoms with Crippen LogP contribution in [0.25, 0.3) is 0 Å². The predicted molar refractivity (Wildman–Crippen MR) is 72.0 cm³/mol. The van der Waals surface area contributed by atoms with Crippen LogP contribution in [0.4, 0.5) is 11.4 Å². The second-order valence-corrected chi connectivity index (χ2v) is 4.93. The smallest absolute Gasteiger partial charge is 0.250 e. The quantitative estimate of drug-likeness (QED) is 0.685. The zero-order chi connectivity index (χ0) is 13.1. The van der Waals surface area contributed by atoms with Gasteiger partial charge in [0.1, 0.15) is 0 Å². The maximum Gasteiger partial charge on any atom is 0.250 e. The highest BCUT2D eigenvalue weighted by Gasteiger charge is 2.19. The summed E-state index contributed by atoms with van der Waals surface area (Å²) < 4.78 is 0. The Bertz CT molecular complexity index is 413. The largest absolute Gasteiger partial charge is 0.399 e. The van der Waals surface area contributed by atoms with Gasteiger partial charge in [0.2, 0.25) is 0 Å². The Hall–Kier alpha value is -1.71. The molecule has 4 nitrogen and oxygen atoms in total. The van der Waals surface area contributed by atoms with Gasteiger partial charge >= 0.3 is 0 Å². The van der Waals surface area contributed by atoms with E-state index in [-0.39, 0.29) is 5.54 Å². The van der Waals surface area contributed by atoms with Crippen molar-refractivity contribution in [2.75, 3.05) is 11.1 Å². The Morgan fingerprint density at radius 2 is 2.06 bits per heavy atom. The molecular weight excluding hydrogens is 214 g/mol. The van der Waals surface area contributed by atoms with Crippen molar-refractivity contribution >= 4 is 17.3 Å². The molecule has 5 N–H and O–H groups in total. The van der Waals surface area contributed by atoms with Crippen molar-refractivity contribution in [1.29, 1.82) is 0 Å². The van der Waals surface area contributed by atoms with E-state index in [2.05, 4.69) is 26.1 Å². The molecule has 0 radical (unpaired) electrons. The second-order valence-electron chi connectivity index (χ2n) is 4.93. The lowest BCUT2D eigenvalue weighted by Gasteiger charge is -2.28. The molecule has 0 aliphatic carbocycles. The first-order valence-corrected chi connectivity index (χ1v) is 5.83. The summed E-state index contributed by atoms with van der Waals surface area (Å²) in [5.74, 6) is -0.466. The van der Waals surface area contributed by atoms with Crippen LogP contribution in [-0.2, 0) is 0 Å². The average molecular weight is 235 g/mol. The van der Waals surface area contributed by atoms with E-state index in [1.54, 1.807) is 18.2 Å². The first-order valence-electron chi connectivity index (χ1n) is 5.83. The van der Waals surface area contributed by atoms with E-state index in [0.717, 1.165) is 18.5 Å². The molecule has 0 aliphatic rings. The van der Waals surface area contributed by atoms with Crippen molar-refractivity contribution in [3.63, 3.8) is 0 Å². The molecule has 0 bridgehead atoms. The van der Waals surface area contributed by atoms with Crippen LogP contribution in [0.15, 0.2) is 18.2 Å². The van der Waals surface area contributed by atoms with Crippen molar-refractivity contribution in [1.82, 2.24) is 0 Å². The number of amides is 1. The number of anilines is 2. The molecule has 0 heterocycles. The summed E-state index contributed by atoms with van der Waals surface area (Å²) in [6.45, 7) is 6.32. The van der Waals surface area contributed by atoms with Crippen molar-refractivity contribution < 1.29 is 4.79 Å². The number of carbonyl (C=O) groups is 1. The molecule has 94 valence electrons. The predicted octanol–water partition coefficient (Wildman–Crippen LogP) is 2.36. The fraction of sp³-hybridized carbons (Fsp3) is 0.462. The molecule has 0 aliphatic heterocycles. The molecule has 1 amide bonds. The highest BCUT2D eigenvalue weighted by molar-refractivity contribution is 5.99. The summed E-state index contributed by atoms with van der Waals surface area (Å²) in [5.41, 5.74) is 12.6. The molecule has 17 heavy (non-hydrogen) atoms. The minimum Gasteiger partial charge on any atom is -0.399 e. The Balaban J connectivity index is 3.02. The Morgan fingerprint density at radius 3 is 2.59 bits per heavy atom. The van der Waals surface area contributed by atoms with Gasteiger partial charge in [-0.2, -0.15) is 0 Å². The molecule has 0 atom stereocenters. The van der Waals surface area contributed by atoms with E-state index in [1.165, 1.54) is 0 Å². The summed E-state index contributed by atoms with van der Waals surface area (Å²) in [6.07, 6.45) is 2.08. The van der Waals surface area contributed by atoms with Gasteiger partial charge in [-0.25, -0.2) is 0 Å². The van der Waals surface area contributed by atoms with Gasteiger partial charge in [0.05, 0.1) is 5.56 Å². The molecule has 1 aromatic carbocycles. The van der Waals surface area contributed by atoms with Gasteiger partial charge in [-0.1, -0.05) is 13.3 Å². The number of primary amides is 1. The van der Waals surface area contributed by atoms with Crippen molar-refractivity contribution in [3.8, 4) is 0 Å². The third-order valence-electron chi connectivity index (χ3n) is 2.66. The molecule has 0 saturated carbocycles. The lowest BCUT2D eigenvalue weighted by molar-refractivity contribution is 0.100. The van der Waals surface area contributed by atoms with E-state index in [0.29, 0.717) is 11.3 Å². The third kappa shape index (κ3) is 3.66. The minimum absolute atomic E-state index is 0.0743. The van der Waals surface area contributed by atoms with Gasteiger partial charge in [-0.15, -0.1) is 0 Å². The maximum atomic E-state index is 11.3. The van der Waals surface area contributed by atoms with Crippen molar-refractivity contribution in [2.24, 2.45) is 5.73 Å². The standard InChI is InChI=1S/C13H21N3O/c1-4-7-13(2,3)16-11-6-5-9(14)8-10(11)12(15)17/h5-6,8,16H,4,7,14H2,1-3H3,(H2,15,17). The van der Waals surface area contributed by atoms with Crippen molar-refractivity contribution in [3.05, 3.63) is 23.8 Å². The van der Waals surface area contributed by atoms with E-state index < -0.39 is 5.91 Å². The average Bonchev–Trinajstić information content (AvgIpc) is 2.20. The van der Waals surface area contributed by atoms with E-state index in [9.17, 15) is 4.79 Å². The molecule has 0 unspecified atom stereocenters. The molecule has 1 rings (SSSR count). The zero-order valence-electron chi connectivity index (χ0n) is 10.7. The van der Waals surface area contributed by atoms with Crippen LogP contribution >= 0.6 is 0 Å².